The third-order valence-electron chi connectivity index (χ3n) is 4.15. The molecule has 0 unspecified atom stereocenters. The van der Waals surface area contributed by atoms with Gasteiger partial charge in [0.05, 0.1) is 0 Å². The van der Waals surface area contributed by atoms with Gasteiger partial charge >= 0.3 is 0 Å². The molecule has 0 radical (unpaired) electrons. The highest BCUT2D eigenvalue weighted by molar-refractivity contribution is 7.10. The van der Waals surface area contributed by atoms with Gasteiger partial charge in [-0.2, -0.15) is 0 Å². The maximum Gasteiger partial charge on any atom is 0.251 e. The van der Waals surface area contributed by atoms with E-state index in [0.717, 1.165) is 10.4 Å². The fourth-order valence-electron chi connectivity index (χ4n) is 2.91. The Morgan fingerprint density at radius 3 is 2.52 bits per heavy atom. The molecule has 5 heteroatoms. The van der Waals surface area contributed by atoms with Gasteiger partial charge in [0, 0.05) is 18.0 Å². The Kier molecular flexibility index (Phi) is 4.48. The highest BCUT2D eigenvalue weighted by Gasteiger charge is 2.39. The van der Waals surface area contributed by atoms with E-state index in [1.165, 1.54) is 16.9 Å². The molecule has 1 aromatic heterocycles. The van der Waals surface area contributed by atoms with Crippen LogP contribution >= 0.6 is 11.3 Å². The highest BCUT2D eigenvalue weighted by Crippen LogP contribution is 2.31. The smallest absolute Gasteiger partial charge is 0.251 e. The van der Waals surface area contributed by atoms with Crippen LogP contribution in [0.1, 0.15) is 29.0 Å². The maximum absolute atomic E-state index is 12.9. The normalized spacial score (nSPS) is 18.6. The molecule has 2 heterocycles. The average molecular weight is 328 g/mol. The number of thiophene rings is 1. The van der Waals surface area contributed by atoms with Crippen LogP contribution in [0.2, 0.25) is 0 Å². The predicted molar refractivity (Wildman–Crippen MR) is 91.0 cm³/mol. The van der Waals surface area contributed by atoms with E-state index in [4.69, 9.17) is 0 Å². The van der Waals surface area contributed by atoms with E-state index in [2.05, 4.69) is 0 Å². The van der Waals surface area contributed by atoms with Gasteiger partial charge in [-0.15, -0.1) is 11.3 Å². The van der Waals surface area contributed by atoms with Crippen molar-refractivity contribution in [2.45, 2.75) is 26.4 Å². The summed E-state index contributed by atoms with van der Waals surface area (Å²) in [5.41, 5.74) is 2.23. The Morgan fingerprint density at radius 1 is 1.17 bits per heavy atom. The standard InChI is InChI=1S/C18H20N2O2S/c1-3-20-16(21)12-19(11-14-8-6-13(2)7-9-14)18(22)17(20)15-5-4-10-23-15/h4-10,17H,3,11-12H2,1-2H3/t17-/m0/s1. The molecule has 1 aromatic carbocycles. The summed E-state index contributed by atoms with van der Waals surface area (Å²) in [7, 11) is 0. The summed E-state index contributed by atoms with van der Waals surface area (Å²) in [6.45, 7) is 5.13. The number of hydrogen-bond acceptors (Lipinski definition) is 3. The molecule has 0 aliphatic carbocycles. The largest absolute Gasteiger partial charge is 0.327 e. The summed E-state index contributed by atoms with van der Waals surface area (Å²) in [5.74, 6) is 0.0205. The Hall–Kier alpha value is -2.14. The molecule has 23 heavy (non-hydrogen) atoms. The van der Waals surface area contributed by atoms with Crippen molar-refractivity contribution in [1.82, 2.24) is 9.80 Å². The second-order valence-electron chi connectivity index (χ2n) is 5.78. The SMILES string of the molecule is CCN1C(=O)CN(Cc2ccc(C)cc2)C(=O)[C@@H]1c1cccs1. The number of piperazine rings is 1. The number of amides is 2. The molecule has 120 valence electrons. The molecule has 0 spiro atoms. The molecule has 1 saturated heterocycles. The number of aryl methyl sites for hydroxylation is 1. The van der Waals surface area contributed by atoms with Crippen molar-refractivity contribution in [2.75, 3.05) is 13.1 Å². The summed E-state index contributed by atoms with van der Waals surface area (Å²) in [5, 5.41) is 1.94. The number of benzene rings is 1. The molecule has 0 saturated carbocycles. The van der Waals surface area contributed by atoms with Crippen molar-refractivity contribution in [3.63, 3.8) is 0 Å². The van der Waals surface area contributed by atoms with Gasteiger partial charge in [-0.1, -0.05) is 35.9 Å². The van der Waals surface area contributed by atoms with Crippen LogP contribution in [0.3, 0.4) is 0 Å². The first-order valence-corrected chi connectivity index (χ1v) is 8.65. The predicted octanol–water partition coefficient (Wildman–Crippen LogP) is 2.99. The second kappa shape index (κ2) is 6.54. The average Bonchev–Trinajstić information content (AvgIpc) is 3.06. The number of nitrogens with zero attached hydrogens (tertiary/aromatic N) is 2. The van der Waals surface area contributed by atoms with E-state index in [1.54, 1.807) is 9.80 Å². The van der Waals surface area contributed by atoms with Gasteiger partial charge in [-0.3, -0.25) is 9.59 Å². The molecule has 4 nitrogen and oxygen atoms in total. The lowest BCUT2D eigenvalue weighted by molar-refractivity contribution is -0.156. The Morgan fingerprint density at radius 2 is 1.91 bits per heavy atom. The van der Waals surface area contributed by atoms with Crippen molar-refractivity contribution in [3.8, 4) is 0 Å². The zero-order valence-electron chi connectivity index (χ0n) is 13.4. The van der Waals surface area contributed by atoms with Crippen molar-refractivity contribution >= 4 is 23.2 Å². The van der Waals surface area contributed by atoms with Crippen LogP contribution in [-0.4, -0.2) is 34.7 Å². The van der Waals surface area contributed by atoms with Crippen molar-refractivity contribution in [1.29, 1.82) is 0 Å². The summed E-state index contributed by atoms with van der Waals surface area (Å²) >= 11 is 1.52. The summed E-state index contributed by atoms with van der Waals surface area (Å²) in [4.78, 5) is 29.7. The van der Waals surface area contributed by atoms with Gasteiger partial charge in [0.2, 0.25) is 5.91 Å². The van der Waals surface area contributed by atoms with Gasteiger partial charge in [0.1, 0.15) is 12.6 Å². The van der Waals surface area contributed by atoms with Gasteiger partial charge in [0.15, 0.2) is 0 Å². The molecule has 0 bridgehead atoms. The van der Waals surface area contributed by atoms with E-state index in [-0.39, 0.29) is 18.4 Å². The minimum absolute atomic E-state index is 0.00877. The van der Waals surface area contributed by atoms with Gasteiger partial charge in [-0.05, 0) is 30.9 Å². The fourth-order valence-corrected chi connectivity index (χ4v) is 3.74. The highest BCUT2D eigenvalue weighted by atomic mass is 32.1. The molecular weight excluding hydrogens is 308 g/mol. The van der Waals surface area contributed by atoms with E-state index >= 15 is 0 Å². The molecule has 2 aromatic rings. The molecular formula is C18H20N2O2S. The lowest BCUT2D eigenvalue weighted by Crippen LogP contribution is -2.54. The van der Waals surface area contributed by atoms with Crippen LogP contribution in [0.15, 0.2) is 41.8 Å². The molecule has 1 atom stereocenters. The van der Waals surface area contributed by atoms with Crippen molar-refractivity contribution in [2.24, 2.45) is 0 Å². The quantitative estimate of drug-likeness (QED) is 0.866. The van der Waals surface area contributed by atoms with Gasteiger partial charge in [-0.25, -0.2) is 0 Å². The van der Waals surface area contributed by atoms with Gasteiger partial charge in [0.25, 0.3) is 5.91 Å². The second-order valence-corrected chi connectivity index (χ2v) is 6.76. The molecule has 2 amide bonds. The monoisotopic (exact) mass is 328 g/mol. The van der Waals surface area contributed by atoms with E-state index < -0.39 is 6.04 Å². The minimum Gasteiger partial charge on any atom is -0.327 e. The number of carbonyl (C=O) groups is 2. The van der Waals surface area contributed by atoms with Crippen LogP contribution in [0.5, 0.6) is 0 Å². The van der Waals surface area contributed by atoms with E-state index in [9.17, 15) is 9.59 Å². The van der Waals surface area contributed by atoms with Crippen LogP contribution in [0.25, 0.3) is 0 Å². The number of rotatable bonds is 4. The van der Waals surface area contributed by atoms with Crippen LogP contribution in [0, 0.1) is 6.92 Å². The summed E-state index contributed by atoms with van der Waals surface area (Å²) in [6.07, 6.45) is 0. The van der Waals surface area contributed by atoms with E-state index in [0.29, 0.717) is 13.1 Å². The molecule has 0 N–H and O–H groups in total. The number of carbonyl (C=O) groups excluding carboxylic acids is 2. The first-order chi connectivity index (χ1) is 11.1. The third-order valence-corrected chi connectivity index (χ3v) is 5.08. The lowest BCUT2D eigenvalue weighted by Gasteiger charge is -2.39. The zero-order chi connectivity index (χ0) is 16.4. The first kappa shape index (κ1) is 15.7. The first-order valence-electron chi connectivity index (χ1n) is 7.77. The van der Waals surface area contributed by atoms with Gasteiger partial charge < -0.3 is 9.80 Å². The van der Waals surface area contributed by atoms with Crippen LogP contribution in [-0.2, 0) is 16.1 Å². The molecule has 1 fully saturated rings. The lowest BCUT2D eigenvalue weighted by atomic mass is 10.1. The topological polar surface area (TPSA) is 40.6 Å². The number of hydrogen-bond donors (Lipinski definition) is 0. The molecule has 1 aliphatic heterocycles. The molecule has 3 rings (SSSR count). The van der Waals surface area contributed by atoms with Crippen molar-refractivity contribution < 1.29 is 9.59 Å². The zero-order valence-corrected chi connectivity index (χ0v) is 14.2. The molecule has 1 aliphatic rings. The van der Waals surface area contributed by atoms with Crippen molar-refractivity contribution in [3.05, 3.63) is 57.8 Å². The minimum atomic E-state index is -0.480. The van der Waals surface area contributed by atoms with Crippen LogP contribution in [0.4, 0.5) is 0 Å². The number of likely N-dealkylation sites (N-methyl/N-ethyl adjacent to an activating group) is 1. The van der Waals surface area contributed by atoms with E-state index in [1.807, 2.05) is 55.6 Å². The summed E-state index contributed by atoms with van der Waals surface area (Å²) in [6, 6.07) is 11.5. The Balaban J connectivity index is 1.86. The fraction of sp³-hybridized carbons (Fsp3) is 0.333. The maximum atomic E-state index is 12.9. The third kappa shape index (κ3) is 3.15. The Labute approximate surface area is 140 Å². The summed E-state index contributed by atoms with van der Waals surface area (Å²) < 4.78 is 0. The van der Waals surface area contributed by atoms with Crippen LogP contribution < -0.4 is 0 Å². The Bertz CT molecular complexity index is 694.